The van der Waals surface area contributed by atoms with E-state index in [9.17, 15) is 9.59 Å². The van der Waals surface area contributed by atoms with Crippen molar-refractivity contribution in [1.29, 1.82) is 0 Å². The number of carbonyl (C=O) groups is 2. The van der Waals surface area contributed by atoms with E-state index in [4.69, 9.17) is 31.3 Å². The Morgan fingerprint density at radius 3 is 1.27 bits per heavy atom. The molecule has 0 aliphatic rings. The maximum absolute atomic E-state index is 10.4. The van der Waals surface area contributed by atoms with E-state index in [0.717, 1.165) is 0 Å². The minimum Gasteiger partial charge on any atom is -0.480 e. The van der Waals surface area contributed by atoms with E-state index in [1.54, 1.807) is 4.90 Å². The normalized spacial score (nSPS) is 10.5. The smallest absolute Gasteiger partial charge is 0.317 e. The zero-order valence-corrected chi connectivity index (χ0v) is 12.6. The summed E-state index contributed by atoms with van der Waals surface area (Å²) in [4.78, 5) is 23.6. The Morgan fingerprint density at radius 2 is 1.05 bits per heavy atom. The first-order chi connectivity index (χ1) is 10.4. The van der Waals surface area contributed by atoms with Gasteiger partial charge in [-0.3, -0.25) is 19.4 Å². The molecule has 0 saturated heterocycles. The Kier molecular flexibility index (Phi) is 16.8. The monoisotopic (exact) mass is 325 g/mol. The van der Waals surface area contributed by atoms with Crippen molar-refractivity contribution in [2.24, 2.45) is 5.73 Å². The van der Waals surface area contributed by atoms with Crippen molar-refractivity contribution in [2.45, 2.75) is 0 Å². The van der Waals surface area contributed by atoms with Crippen LogP contribution in [0.4, 0.5) is 0 Å². The van der Waals surface area contributed by atoms with Crippen LogP contribution in [0.3, 0.4) is 0 Å². The molecule has 0 aliphatic carbocycles. The number of carboxylic acid groups (broad SMARTS) is 1. The number of primary amides is 1. The number of nitrogens with two attached hydrogens (primary N) is 1. The molecule has 0 fully saturated rings. The van der Waals surface area contributed by atoms with Crippen LogP contribution in [0.15, 0.2) is 0 Å². The van der Waals surface area contributed by atoms with Gasteiger partial charge in [-0.05, 0) is 0 Å². The fourth-order valence-corrected chi connectivity index (χ4v) is 1.52. The molecule has 0 atom stereocenters. The van der Waals surface area contributed by atoms with E-state index in [2.05, 4.69) is 0 Å². The molecule has 0 spiro atoms. The van der Waals surface area contributed by atoms with Crippen LogP contribution >= 0.6 is 0 Å². The molecular formula is C12H27N3O7. The maximum atomic E-state index is 10.4. The summed E-state index contributed by atoms with van der Waals surface area (Å²) in [6.07, 6.45) is 0. The summed E-state index contributed by atoms with van der Waals surface area (Å²) in [5.41, 5.74) is 4.91. The quantitative estimate of drug-likeness (QED) is 0.210. The third kappa shape index (κ3) is 16.8. The van der Waals surface area contributed by atoms with Crippen molar-refractivity contribution in [3.63, 3.8) is 0 Å². The van der Waals surface area contributed by atoms with Gasteiger partial charge < -0.3 is 31.3 Å². The molecule has 0 aromatic rings. The molecule has 0 unspecified atom stereocenters. The van der Waals surface area contributed by atoms with Crippen LogP contribution in [-0.2, 0) is 9.59 Å². The van der Waals surface area contributed by atoms with Crippen molar-refractivity contribution in [3.05, 3.63) is 0 Å². The Morgan fingerprint density at radius 1 is 0.727 bits per heavy atom. The van der Waals surface area contributed by atoms with Gasteiger partial charge in [-0.25, -0.2) is 0 Å². The van der Waals surface area contributed by atoms with Gasteiger partial charge in [0.2, 0.25) is 5.91 Å². The number of carboxylic acids is 1. The number of aliphatic carboxylic acids is 1. The van der Waals surface area contributed by atoms with Crippen LogP contribution < -0.4 is 5.73 Å². The van der Waals surface area contributed by atoms with E-state index in [0.29, 0.717) is 13.1 Å². The molecular weight excluding hydrogens is 298 g/mol. The van der Waals surface area contributed by atoms with Crippen molar-refractivity contribution in [2.75, 3.05) is 65.7 Å². The van der Waals surface area contributed by atoms with Crippen LogP contribution in [0.25, 0.3) is 0 Å². The van der Waals surface area contributed by atoms with Crippen molar-refractivity contribution >= 4 is 11.9 Å². The first kappa shape index (κ1) is 23.0. The predicted octanol–water partition coefficient (Wildman–Crippen LogP) is -3.88. The van der Waals surface area contributed by atoms with Gasteiger partial charge in [0.25, 0.3) is 0 Å². The number of amides is 1. The number of carbonyl (C=O) groups excluding carboxylic acids is 1. The first-order valence-corrected chi connectivity index (χ1v) is 6.79. The number of nitrogens with zero attached hydrogens (tertiary/aromatic N) is 2. The Bertz CT molecular complexity index is 252. The second-order valence-electron chi connectivity index (χ2n) is 4.31. The highest BCUT2D eigenvalue weighted by molar-refractivity contribution is 5.75. The van der Waals surface area contributed by atoms with Crippen molar-refractivity contribution in [1.82, 2.24) is 9.80 Å². The summed E-state index contributed by atoms with van der Waals surface area (Å²) in [6.45, 7) is 0.996. The molecule has 1 amide bonds. The highest BCUT2D eigenvalue weighted by Gasteiger charge is 2.07. The van der Waals surface area contributed by atoms with E-state index >= 15 is 0 Å². The predicted molar refractivity (Wildman–Crippen MR) is 78.1 cm³/mol. The van der Waals surface area contributed by atoms with Gasteiger partial charge in [-0.15, -0.1) is 0 Å². The minimum absolute atomic E-state index is 0.0344. The molecule has 0 saturated carbocycles. The lowest BCUT2D eigenvalue weighted by Gasteiger charge is -2.17. The fraction of sp³-hybridized carbons (Fsp3) is 0.833. The van der Waals surface area contributed by atoms with E-state index in [1.807, 2.05) is 0 Å². The third-order valence-corrected chi connectivity index (χ3v) is 2.40. The molecule has 0 aromatic carbocycles. The molecule has 0 radical (unpaired) electrons. The summed E-state index contributed by atoms with van der Waals surface area (Å²) in [5.74, 6) is -1.40. The summed E-state index contributed by atoms with van der Waals surface area (Å²) in [6, 6.07) is 0. The second-order valence-corrected chi connectivity index (χ2v) is 4.31. The van der Waals surface area contributed by atoms with Gasteiger partial charge in [-0.1, -0.05) is 0 Å². The highest BCUT2D eigenvalue weighted by Crippen LogP contribution is 1.85. The number of hydrogen-bond acceptors (Lipinski definition) is 8. The first-order valence-electron chi connectivity index (χ1n) is 6.79. The van der Waals surface area contributed by atoms with Gasteiger partial charge in [0.05, 0.1) is 39.5 Å². The lowest BCUT2D eigenvalue weighted by molar-refractivity contribution is -0.138. The molecule has 22 heavy (non-hydrogen) atoms. The van der Waals surface area contributed by atoms with Gasteiger partial charge in [-0.2, -0.15) is 0 Å². The van der Waals surface area contributed by atoms with E-state index in [-0.39, 0.29) is 52.6 Å². The van der Waals surface area contributed by atoms with E-state index in [1.165, 1.54) is 4.90 Å². The molecule has 0 heterocycles. The van der Waals surface area contributed by atoms with Gasteiger partial charge in [0.15, 0.2) is 0 Å². The largest absolute Gasteiger partial charge is 0.480 e. The third-order valence-electron chi connectivity index (χ3n) is 2.40. The number of rotatable bonds is 12. The lowest BCUT2D eigenvalue weighted by Crippen LogP contribution is -2.37. The second kappa shape index (κ2) is 16.1. The zero-order valence-electron chi connectivity index (χ0n) is 12.6. The van der Waals surface area contributed by atoms with Gasteiger partial charge in [0, 0.05) is 26.2 Å². The van der Waals surface area contributed by atoms with Crippen molar-refractivity contribution < 1.29 is 35.1 Å². The molecule has 0 aromatic heterocycles. The van der Waals surface area contributed by atoms with Gasteiger partial charge in [0.1, 0.15) is 0 Å². The van der Waals surface area contributed by atoms with Crippen LogP contribution in [0, 0.1) is 0 Å². The minimum atomic E-state index is -0.952. The molecule has 0 bridgehead atoms. The van der Waals surface area contributed by atoms with Crippen LogP contribution in [-0.4, -0.2) is 113 Å². The number of aliphatic hydroxyl groups excluding tert-OH is 4. The van der Waals surface area contributed by atoms with E-state index < -0.39 is 11.9 Å². The average molecular weight is 325 g/mol. The van der Waals surface area contributed by atoms with Gasteiger partial charge >= 0.3 is 5.97 Å². The Hall–Kier alpha value is -1.30. The number of aliphatic hydroxyl groups is 4. The summed E-state index contributed by atoms with van der Waals surface area (Å²) in [5, 5.41) is 42.3. The molecule has 7 N–H and O–H groups in total. The molecule has 0 rings (SSSR count). The standard InChI is InChI=1S/C6H14N2O3.C6H13NO4/c7-6(11)5-8(1-3-9)2-4-10;8-3-1-7(2-4-9)5-6(10)11/h9-10H,1-5H2,(H2,7,11);8-9H,1-5H2,(H,10,11). The molecule has 132 valence electrons. The SMILES string of the molecule is NC(=O)CN(CCO)CCO.O=C(O)CN(CCO)CCO. The van der Waals surface area contributed by atoms with Crippen LogP contribution in [0.1, 0.15) is 0 Å². The molecule has 10 heteroatoms. The highest BCUT2D eigenvalue weighted by atomic mass is 16.4. The molecule has 0 aliphatic heterocycles. The zero-order chi connectivity index (χ0) is 17.4. The maximum Gasteiger partial charge on any atom is 0.317 e. The molecule has 10 nitrogen and oxygen atoms in total. The lowest BCUT2D eigenvalue weighted by atomic mass is 10.4. The Balaban J connectivity index is 0. The van der Waals surface area contributed by atoms with Crippen molar-refractivity contribution in [3.8, 4) is 0 Å². The Labute approximate surface area is 129 Å². The average Bonchev–Trinajstić information content (AvgIpc) is 2.39. The summed E-state index contributed by atoms with van der Waals surface area (Å²) < 4.78 is 0. The topological polar surface area (TPSA) is 168 Å². The summed E-state index contributed by atoms with van der Waals surface area (Å²) in [7, 11) is 0. The summed E-state index contributed by atoms with van der Waals surface area (Å²) >= 11 is 0. The van der Waals surface area contributed by atoms with Crippen LogP contribution in [0.2, 0.25) is 0 Å². The fourth-order valence-electron chi connectivity index (χ4n) is 1.52. The number of hydrogen-bond donors (Lipinski definition) is 6. The van der Waals surface area contributed by atoms with Crippen LogP contribution in [0.5, 0.6) is 0 Å².